The fraction of sp³-hybridized carbons (Fsp3) is 0.688. The summed E-state index contributed by atoms with van der Waals surface area (Å²) in [6, 6.07) is 4.60. The monoisotopic (exact) mass is 277 g/mol. The number of nitrogens with zero attached hydrogens (tertiary/aromatic N) is 2. The van der Waals surface area contributed by atoms with Crippen LogP contribution >= 0.6 is 0 Å². The van der Waals surface area contributed by atoms with E-state index < -0.39 is 0 Å². The summed E-state index contributed by atoms with van der Waals surface area (Å²) in [6.45, 7) is 7.66. The molecule has 1 aromatic heterocycles. The van der Waals surface area contributed by atoms with E-state index in [4.69, 9.17) is 5.11 Å². The molecule has 0 aliphatic carbocycles. The molecular weight excluding hydrogens is 250 g/mol. The number of aliphatic hydroxyl groups excluding tert-OH is 1. The van der Waals surface area contributed by atoms with Crippen molar-refractivity contribution in [2.75, 3.05) is 31.1 Å². The highest BCUT2D eigenvalue weighted by Crippen LogP contribution is 2.25. The Kier molecular flexibility index (Phi) is 5.80. The third-order valence-corrected chi connectivity index (χ3v) is 4.15. The third kappa shape index (κ3) is 3.93. The normalized spacial score (nSPS) is 20.9. The summed E-state index contributed by atoms with van der Waals surface area (Å²) < 4.78 is 0. The van der Waals surface area contributed by atoms with Crippen LogP contribution in [0.3, 0.4) is 0 Å². The van der Waals surface area contributed by atoms with Crippen LogP contribution in [-0.2, 0) is 0 Å². The molecule has 1 fully saturated rings. The van der Waals surface area contributed by atoms with E-state index in [1.807, 2.05) is 6.20 Å². The molecule has 1 saturated heterocycles. The van der Waals surface area contributed by atoms with Crippen molar-refractivity contribution in [3.8, 4) is 0 Å². The van der Waals surface area contributed by atoms with Crippen LogP contribution in [0.1, 0.15) is 44.8 Å². The van der Waals surface area contributed by atoms with Crippen molar-refractivity contribution in [3.05, 3.63) is 24.0 Å². The molecule has 1 aliphatic heterocycles. The van der Waals surface area contributed by atoms with Crippen LogP contribution in [0.25, 0.3) is 0 Å². The van der Waals surface area contributed by atoms with Crippen LogP contribution < -0.4 is 10.2 Å². The molecule has 112 valence electrons. The van der Waals surface area contributed by atoms with Gasteiger partial charge >= 0.3 is 0 Å². The maximum atomic E-state index is 9.09. The van der Waals surface area contributed by atoms with Gasteiger partial charge in [0.15, 0.2) is 0 Å². The molecule has 2 rings (SSSR count). The smallest absolute Gasteiger partial charge is 0.0572 e. The van der Waals surface area contributed by atoms with Gasteiger partial charge < -0.3 is 15.3 Å². The van der Waals surface area contributed by atoms with Gasteiger partial charge in [0.2, 0.25) is 0 Å². The van der Waals surface area contributed by atoms with E-state index in [0.717, 1.165) is 31.7 Å². The van der Waals surface area contributed by atoms with Crippen LogP contribution in [0.4, 0.5) is 5.69 Å². The molecule has 0 bridgehead atoms. The number of hydrogen-bond acceptors (Lipinski definition) is 4. The predicted octanol–water partition coefficient (Wildman–Crippen LogP) is 2.35. The zero-order valence-electron chi connectivity index (χ0n) is 12.7. The summed E-state index contributed by atoms with van der Waals surface area (Å²) in [5.74, 6) is 0.620. The summed E-state index contributed by atoms with van der Waals surface area (Å²) in [7, 11) is 0. The summed E-state index contributed by atoms with van der Waals surface area (Å²) in [5.41, 5.74) is 2.31. The molecule has 0 amide bonds. The molecule has 2 N–H and O–H groups in total. The van der Waals surface area contributed by atoms with Crippen molar-refractivity contribution in [2.24, 2.45) is 5.92 Å². The van der Waals surface area contributed by atoms with E-state index in [1.54, 1.807) is 0 Å². The largest absolute Gasteiger partial charge is 0.396 e. The predicted molar refractivity (Wildman–Crippen MR) is 83.0 cm³/mol. The fourth-order valence-corrected chi connectivity index (χ4v) is 2.97. The molecule has 2 unspecified atom stereocenters. The Morgan fingerprint density at radius 2 is 2.35 bits per heavy atom. The first-order chi connectivity index (χ1) is 9.74. The van der Waals surface area contributed by atoms with Gasteiger partial charge in [-0.2, -0.15) is 0 Å². The Balaban J connectivity index is 1.98. The van der Waals surface area contributed by atoms with E-state index in [0.29, 0.717) is 18.6 Å². The molecule has 0 spiro atoms. The number of pyridine rings is 1. The molecule has 1 aliphatic rings. The van der Waals surface area contributed by atoms with Crippen molar-refractivity contribution >= 4 is 5.69 Å². The highest BCUT2D eigenvalue weighted by molar-refractivity contribution is 5.45. The van der Waals surface area contributed by atoms with Crippen molar-refractivity contribution in [1.29, 1.82) is 0 Å². The van der Waals surface area contributed by atoms with Gasteiger partial charge in [-0.05, 0) is 50.8 Å². The van der Waals surface area contributed by atoms with E-state index in [9.17, 15) is 0 Å². The van der Waals surface area contributed by atoms with Crippen LogP contribution in [0.15, 0.2) is 18.3 Å². The number of piperidine rings is 1. The van der Waals surface area contributed by atoms with Crippen molar-refractivity contribution in [1.82, 2.24) is 10.3 Å². The van der Waals surface area contributed by atoms with Gasteiger partial charge in [-0.25, -0.2) is 0 Å². The van der Waals surface area contributed by atoms with Crippen LogP contribution in [0.5, 0.6) is 0 Å². The van der Waals surface area contributed by atoms with Crippen molar-refractivity contribution in [3.63, 3.8) is 0 Å². The second-order valence-electron chi connectivity index (χ2n) is 5.69. The molecule has 0 saturated carbocycles. The van der Waals surface area contributed by atoms with Gasteiger partial charge in [0.05, 0.1) is 17.6 Å². The lowest BCUT2D eigenvalue weighted by molar-refractivity contribution is 0.244. The summed E-state index contributed by atoms with van der Waals surface area (Å²) in [4.78, 5) is 6.99. The number of aromatic nitrogens is 1. The van der Waals surface area contributed by atoms with E-state index in [1.165, 1.54) is 18.5 Å². The topological polar surface area (TPSA) is 48.4 Å². The van der Waals surface area contributed by atoms with Crippen LogP contribution in [-0.4, -0.2) is 36.3 Å². The first kappa shape index (κ1) is 15.3. The zero-order valence-corrected chi connectivity index (χ0v) is 12.7. The van der Waals surface area contributed by atoms with Gasteiger partial charge in [0.25, 0.3) is 0 Å². The lowest BCUT2D eigenvalue weighted by Crippen LogP contribution is -2.35. The SMILES string of the molecule is CCNC(C)c1ccc(N2CCCC(CCO)C2)cn1. The third-order valence-electron chi connectivity index (χ3n) is 4.15. The van der Waals surface area contributed by atoms with E-state index in [-0.39, 0.29) is 0 Å². The van der Waals surface area contributed by atoms with Gasteiger partial charge in [-0.1, -0.05) is 6.92 Å². The number of aliphatic hydroxyl groups is 1. The second-order valence-corrected chi connectivity index (χ2v) is 5.69. The summed E-state index contributed by atoms with van der Waals surface area (Å²) in [5, 5.41) is 12.5. The minimum absolute atomic E-state index is 0.301. The van der Waals surface area contributed by atoms with E-state index >= 15 is 0 Å². The molecule has 2 heterocycles. The maximum Gasteiger partial charge on any atom is 0.0572 e. The molecule has 20 heavy (non-hydrogen) atoms. The molecule has 1 aromatic rings. The Bertz CT molecular complexity index is 391. The Hall–Kier alpha value is -1.13. The Morgan fingerprint density at radius 1 is 1.50 bits per heavy atom. The van der Waals surface area contributed by atoms with Gasteiger partial charge in [0, 0.05) is 25.7 Å². The molecular formula is C16H27N3O. The molecule has 0 radical (unpaired) electrons. The van der Waals surface area contributed by atoms with Crippen molar-refractivity contribution in [2.45, 2.75) is 39.2 Å². The standard InChI is InChI=1S/C16H27N3O/c1-3-17-13(2)16-7-6-15(11-18-16)19-9-4-5-14(12-19)8-10-20/h6-7,11,13-14,17,20H,3-5,8-10,12H2,1-2H3. The zero-order chi connectivity index (χ0) is 14.4. The minimum Gasteiger partial charge on any atom is -0.396 e. The number of hydrogen-bond donors (Lipinski definition) is 2. The van der Waals surface area contributed by atoms with Gasteiger partial charge in [0.1, 0.15) is 0 Å². The second kappa shape index (κ2) is 7.60. The highest BCUT2D eigenvalue weighted by Gasteiger charge is 2.20. The first-order valence-electron chi connectivity index (χ1n) is 7.79. The molecule has 4 heteroatoms. The van der Waals surface area contributed by atoms with E-state index in [2.05, 4.69) is 41.2 Å². The maximum absolute atomic E-state index is 9.09. The van der Waals surface area contributed by atoms with Crippen LogP contribution in [0, 0.1) is 5.92 Å². The highest BCUT2D eigenvalue weighted by atomic mass is 16.3. The van der Waals surface area contributed by atoms with Gasteiger partial charge in [-0.15, -0.1) is 0 Å². The van der Waals surface area contributed by atoms with Crippen molar-refractivity contribution < 1.29 is 5.11 Å². The Labute approximate surface area is 122 Å². The quantitative estimate of drug-likeness (QED) is 0.838. The van der Waals surface area contributed by atoms with Gasteiger partial charge in [-0.3, -0.25) is 4.98 Å². The molecule has 2 atom stereocenters. The average molecular weight is 277 g/mol. The minimum atomic E-state index is 0.301. The molecule has 0 aromatic carbocycles. The average Bonchev–Trinajstić information content (AvgIpc) is 2.48. The summed E-state index contributed by atoms with van der Waals surface area (Å²) >= 11 is 0. The Morgan fingerprint density at radius 3 is 3.00 bits per heavy atom. The number of anilines is 1. The molecule has 4 nitrogen and oxygen atoms in total. The number of nitrogens with one attached hydrogen (secondary N) is 1. The summed E-state index contributed by atoms with van der Waals surface area (Å²) in [6.07, 6.45) is 5.35. The number of rotatable bonds is 6. The first-order valence-corrected chi connectivity index (χ1v) is 7.79. The lowest BCUT2D eigenvalue weighted by atomic mass is 9.95. The van der Waals surface area contributed by atoms with Crippen LogP contribution in [0.2, 0.25) is 0 Å². The fourth-order valence-electron chi connectivity index (χ4n) is 2.97. The lowest BCUT2D eigenvalue weighted by Gasteiger charge is -2.34.